The summed E-state index contributed by atoms with van der Waals surface area (Å²) in [7, 11) is 0. The Morgan fingerprint density at radius 3 is 3.25 bits per heavy atom. The summed E-state index contributed by atoms with van der Waals surface area (Å²) < 4.78 is 5.45. The van der Waals surface area contributed by atoms with Crippen LogP contribution in [0, 0.1) is 0 Å². The Hall–Kier alpha value is -1.68. The second kappa shape index (κ2) is 3.72. The van der Waals surface area contributed by atoms with Crippen molar-refractivity contribution in [3.8, 4) is 0 Å². The highest BCUT2D eigenvalue weighted by Gasteiger charge is 2.23. The molecule has 82 valence electrons. The third-order valence-corrected chi connectivity index (χ3v) is 2.99. The third kappa shape index (κ3) is 1.51. The van der Waals surface area contributed by atoms with Crippen molar-refractivity contribution >= 4 is 16.8 Å². The molecule has 0 aromatic carbocycles. The summed E-state index contributed by atoms with van der Waals surface area (Å²) in [6.07, 6.45) is 6.36. The highest BCUT2D eigenvalue weighted by Crippen LogP contribution is 2.27. The third-order valence-electron chi connectivity index (χ3n) is 2.99. The molecule has 3 heterocycles. The zero-order valence-electron chi connectivity index (χ0n) is 8.77. The van der Waals surface area contributed by atoms with Crippen molar-refractivity contribution < 1.29 is 9.21 Å². The number of piperidine rings is 1. The predicted molar refractivity (Wildman–Crippen MR) is 59.0 cm³/mol. The number of nitrogens with zero attached hydrogens (tertiary/aromatic N) is 1. The summed E-state index contributed by atoms with van der Waals surface area (Å²) >= 11 is 0. The number of carbonyl (C=O) groups excluding carboxylic acids is 1. The Kier molecular flexibility index (Phi) is 2.22. The summed E-state index contributed by atoms with van der Waals surface area (Å²) in [6, 6.07) is 1.93. The van der Waals surface area contributed by atoms with Crippen LogP contribution >= 0.6 is 0 Å². The molecule has 0 aliphatic carbocycles. The maximum absolute atomic E-state index is 11.4. The fraction of sp³-hybridized carbons (Fsp3) is 0.333. The topological polar surface area (TPSA) is 55.1 Å². The SMILES string of the molecule is O=C1CCNC(c2cncc3ccoc23)C1. The number of rotatable bonds is 1. The molecule has 1 unspecified atom stereocenters. The first-order valence-corrected chi connectivity index (χ1v) is 5.41. The van der Waals surface area contributed by atoms with Crippen molar-refractivity contribution in [3.05, 3.63) is 30.3 Å². The molecule has 0 amide bonds. The van der Waals surface area contributed by atoms with Crippen LogP contribution in [0.25, 0.3) is 11.0 Å². The van der Waals surface area contributed by atoms with Crippen LogP contribution in [0.5, 0.6) is 0 Å². The van der Waals surface area contributed by atoms with E-state index in [1.54, 1.807) is 18.7 Å². The van der Waals surface area contributed by atoms with E-state index >= 15 is 0 Å². The van der Waals surface area contributed by atoms with E-state index in [0.717, 1.165) is 23.1 Å². The largest absolute Gasteiger partial charge is 0.464 e. The van der Waals surface area contributed by atoms with Gasteiger partial charge in [0, 0.05) is 48.8 Å². The van der Waals surface area contributed by atoms with E-state index in [0.29, 0.717) is 18.6 Å². The molecular formula is C12H12N2O2. The molecule has 2 aromatic heterocycles. The smallest absolute Gasteiger partial charge is 0.141 e. The number of fused-ring (bicyclic) bond motifs is 1. The van der Waals surface area contributed by atoms with Gasteiger partial charge in [-0.25, -0.2) is 0 Å². The molecule has 1 fully saturated rings. The van der Waals surface area contributed by atoms with Crippen molar-refractivity contribution in [1.29, 1.82) is 0 Å². The van der Waals surface area contributed by atoms with E-state index in [4.69, 9.17) is 4.42 Å². The van der Waals surface area contributed by atoms with Gasteiger partial charge in [-0.1, -0.05) is 0 Å². The van der Waals surface area contributed by atoms with Crippen LogP contribution in [0.3, 0.4) is 0 Å². The lowest BCUT2D eigenvalue weighted by molar-refractivity contribution is -0.120. The number of carbonyl (C=O) groups is 1. The molecule has 1 N–H and O–H groups in total. The normalized spacial score (nSPS) is 21.5. The van der Waals surface area contributed by atoms with E-state index in [1.165, 1.54) is 0 Å². The number of Topliss-reactive ketones (excluding diaryl/α,β-unsaturated/α-hetero) is 1. The van der Waals surface area contributed by atoms with Gasteiger partial charge in [-0.05, 0) is 6.07 Å². The first-order valence-electron chi connectivity index (χ1n) is 5.41. The van der Waals surface area contributed by atoms with Gasteiger partial charge in [0.15, 0.2) is 0 Å². The molecule has 1 aliphatic rings. The maximum atomic E-state index is 11.4. The quantitative estimate of drug-likeness (QED) is 0.790. The highest BCUT2D eigenvalue weighted by molar-refractivity contribution is 5.83. The molecule has 1 aliphatic heterocycles. The second-order valence-corrected chi connectivity index (χ2v) is 4.07. The summed E-state index contributed by atoms with van der Waals surface area (Å²) in [5.41, 5.74) is 1.82. The Labute approximate surface area is 92.7 Å². The Balaban J connectivity index is 2.04. The molecule has 16 heavy (non-hydrogen) atoms. The van der Waals surface area contributed by atoms with E-state index in [-0.39, 0.29) is 6.04 Å². The predicted octanol–water partition coefficient (Wildman–Crippen LogP) is 1.82. The number of furan rings is 1. The molecule has 4 heteroatoms. The molecule has 3 rings (SSSR count). The molecule has 0 saturated carbocycles. The maximum Gasteiger partial charge on any atom is 0.141 e. The van der Waals surface area contributed by atoms with Gasteiger partial charge in [-0.2, -0.15) is 0 Å². The number of hydrogen-bond acceptors (Lipinski definition) is 4. The zero-order valence-corrected chi connectivity index (χ0v) is 8.77. The molecular weight excluding hydrogens is 204 g/mol. The Morgan fingerprint density at radius 1 is 1.44 bits per heavy atom. The molecule has 4 nitrogen and oxygen atoms in total. The van der Waals surface area contributed by atoms with E-state index < -0.39 is 0 Å². The summed E-state index contributed by atoms with van der Waals surface area (Å²) in [5, 5.41) is 4.31. The van der Waals surface area contributed by atoms with Gasteiger partial charge in [-0.3, -0.25) is 9.78 Å². The van der Waals surface area contributed by atoms with Crippen LogP contribution in [0.15, 0.2) is 29.1 Å². The minimum absolute atomic E-state index is 0.0450. The Morgan fingerprint density at radius 2 is 2.38 bits per heavy atom. The van der Waals surface area contributed by atoms with Crippen molar-refractivity contribution in [1.82, 2.24) is 10.3 Å². The molecule has 0 radical (unpaired) electrons. The highest BCUT2D eigenvalue weighted by atomic mass is 16.3. The van der Waals surface area contributed by atoms with Crippen molar-refractivity contribution in [2.24, 2.45) is 0 Å². The molecule has 1 saturated heterocycles. The number of hydrogen-bond donors (Lipinski definition) is 1. The first-order chi connectivity index (χ1) is 7.84. The van der Waals surface area contributed by atoms with Gasteiger partial charge in [0.05, 0.1) is 6.26 Å². The fourth-order valence-electron chi connectivity index (χ4n) is 2.17. The van der Waals surface area contributed by atoms with Crippen molar-refractivity contribution in [3.63, 3.8) is 0 Å². The number of ketones is 1. The fourth-order valence-corrected chi connectivity index (χ4v) is 2.17. The molecule has 2 aromatic rings. The van der Waals surface area contributed by atoms with Crippen molar-refractivity contribution in [2.45, 2.75) is 18.9 Å². The zero-order chi connectivity index (χ0) is 11.0. The summed E-state index contributed by atoms with van der Waals surface area (Å²) in [5.74, 6) is 0.298. The van der Waals surface area contributed by atoms with E-state index in [9.17, 15) is 4.79 Å². The lowest BCUT2D eigenvalue weighted by Crippen LogP contribution is -2.31. The lowest BCUT2D eigenvalue weighted by atomic mass is 9.97. The number of nitrogens with one attached hydrogen (secondary N) is 1. The number of aromatic nitrogens is 1. The summed E-state index contributed by atoms with van der Waals surface area (Å²) in [6.45, 7) is 0.737. The monoisotopic (exact) mass is 216 g/mol. The van der Waals surface area contributed by atoms with Crippen LogP contribution in [-0.4, -0.2) is 17.3 Å². The van der Waals surface area contributed by atoms with Gasteiger partial charge < -0.3 is 9.73 Å². The van der Waals surface area contributed by atoms with Crippen LogP contribution in [0.1, 0.15) is 24.4 Å². The minimum atomic E-state index is 0.0450. The van der Waals surface area contributed by atoms with Gasteiger partial charge in [0.25, 0.3) is 0 Å². The molecule has 0 spiro atoms. The van der Waals surface area contributed by atoms with Crippen LogP contribution in [0.4, 0.5) is 0 Å². The second-order valence-electron chi connectivity index (χ2n) is 4.07. The number of pyridine rings is 1. The van der Waals surface area contributed by atoms with Gasteiger partial charge in [-0.15, -0.1) is 0 Å². The lowest BCUT2D eigenvalue weighted by Gasteiger charge is -2.22. The molecule has 1 atom stereocenters. The average Bonchev–Trinajstić information content (AvgIpc) is 2.76. The van der Waals surface area contributed by atoms with Gasteiger partial charge in [0.2, 0.25) is 0 Å². The van der Waals surface area contributed by atoms with E-state index in [2.05, 4.69) is 10.3 Å². The Bertz CT molecular complexity index is 533. The van der Waals surface area contributed by atoms with Crippen LogP contribution < -0.4 is 5.32 Å². The molecule has 0 bridgehead atoms. The van der Waals surface area contributed by atoms with Crippen LogP contribution in [0.2, 0.25) is 0 Å². The average molecular weight is 216 g/mol. The van der Waals surface area contributed by atoms with E-state index in [1.807, 2.05) is 6.07 Å². The van der Waals surface area contributed by atoms with Crippen molar-refractivity contribution in [2.75, 3.05) is 6.54 Å². The minimum Gasteiger partial charge on any atom is -0.464 e. The standard InChI is InChI=1S/C12H12N2O2/c15-9-1-3-14-11(5-9)10-7-13-6-8-2-4-16-12(8)10/h2,4,6-7,11,14H,1,3,5H2. The van der Waals surface area contributed by atoms with Gasteiger partial charge >= 0.3 is 0 Å². The first kappa shape index (κ1) is 9.54. The van der Waals surface area contributed by atoms with Gasteiger partial charge in [0.1, 0.15) is 11.4 Å². The summed E-state index contributed by atoms with van der Waals surface area (Å²) in [4.78, 5) is 15.6. The van der Waals surface area contributed by atoms with Crippen LogP contribution in [-0.2, 0) is 4.79 Å².